The van der Waals surface area contributed by atoms with Gasteiger partial charge < -0.3 is 15.8 Å². The molecule has 0 bridgehead atoms. The van der Waals surface area contributed by atoms with E-state index in [9.17, 15) is 0 Å². The molecule has 0 fully saturated rings. The maximum atomic E-state index is 5.66. The Labute approximate surface area is 121 Å². The molecule has 0 aliphatic heterocycles. The van der Waals surface area contributed by atoms with Crippen LogP contribution in [-0.2, 0) is 6.54 Å². The van der Waals surface area contributed by atoms with Crippen molar-refractivity contribution in [2.45, 2.75) is 6.54 Å². The van der Waals surface area contributed by atoms with Crippen molar-refractivity contribution in [1.82, 2.24) is 19.9 Å². The molecule has 3 aromatic heterocycles. The van der Waals surface area contributed by atoms with Crippen molar-refractivity contribution in [3.8, 4) is 5.88 Å². The Morgan fingerprint density at radius 3 is 2.95 bits per heavy atom. The summed E-state index contributed by atoms with van der Waals surface area (Å²) in [4.78, 5) is 16.6. The van der Waals surface area contributed by atoms with E-state index in [0.29, 0.717) is 29.7 Å². The molecule has 3 N–H and O–H groups in total. The number of hydrogen-bond acceptors (Lipinski definition) is 7. The highest BCUT2D eigenvalue weighted by atomic mass is 16.5. The normalized spacial score (nSPS) is 10.5. The Bertz CT molecular complexity index is 776. The fourth-order valence-corrected chi connectivity index (χ4v) is 1.96. The third-order valence-corrected chi connectivity index (χ3v) is 2.99. The monoisotopic (exact) mass is 282 g/mol. The first-order valence-corrected chi connectivity index (χ1v) is 6.36. The van der Waals surface area contributed by atoms with Crippen molar-refractivity contribution in [2.75, 3.05) is 18.2 Å². The molecule has 0 aliphatic carbocycles. The number of nitrogens with two attached hydrogens (primary N) is 1. The zero-order valence-electron chi connectivity index (χ0n) is 11.4. The zero-order valence-corrected chi connectivity index (χ0v) is 11.4. The number of aromatic nitrogens is 4. The minimum absolute atomic E-state index is 0.436. The van der Waals surface area contributed by atoms with Gasteiger partial charge in [-0.05, 0) is 23.8 Å². The predicted molar refractivity (Wildman–Crippen MR) is 79.9 cm³/mol. The zero-order chi connectivity index (χ0) is 14.7. The number of nitrogens with zero attached hydrogens (tertiary/aromatic N) is 4. The number of methoxy groups -OCH3 is 1. The van der Waals surface area contributed by atoms with Gasteiger partial charge in [0.15, 0.2) is 5.65 Å². The Morgan fingerprint density at radius 2 is 2.10 bits per heavy atom. The average molecular weight is 282 g/mol. The first kappa shape index (κ1) is 13.0. The molecule has 3 aromatic rings. The quantitative estimate of drug-likeness (QED) is 0.750. The minimum Gasteiger partial charge on any atom is -0.481 e. The van der Waals surface area contributed by atoms with Gasteiger partial charge in [0.2, 0.25) is 5.88 Å². The molecule has 0 atom stereocenters. The largest absolute Gasteiger partial charge is 0.481 e. The van der Waals surface area contributed by atoms with E-state index < -0.39 is 0 Å². The Balaban J connectivity index is 1.84. The average Bonchev–Trinajstić information content (AvgIpc) is 2.52. The van der Waals surface area contributed by atoms with Crippen LogP contribution in [0.5, 0.6) is 5.88 Å². The second kappa shape index (κ2) is 5.58. The molecule has 0 saturated carbocycles. The Morgan fingerprint density at radius 1 is 1.19 bits per heavy atom. The lowest BCUT2D eigenvalue weighted by Gasteiger charge is -2.08. The van der Waals surface area contributed by atoms with Crippen LogP contribution in [0, 0.1) is 0 Å². The van der Waals surface area contributed by atoms with Crippen LogP contribution < -0.4 is 15.8 Å². The lowest BCUT2D eigenvalue weighted by molar-refractivity contribution is 0.397. The van der Waals surface area contributed by atoms with Crippen LogP contribution >= 0.6 is 0 Å². The lowest BCUT2D eigenvalue weighted by atomic mass is 10.2. The molecule has 0 aromatic carbocycles. The van der Waals surface area contributed by atoms with Crippen molar-refractivity contribution in [1.29, 1.82) is 0 Å². The predicted octanol–water partition coefficient (Wildman–Crippen LogP) is 1.62. The van der Waals surface area contributed by atoms with Crippen LogP contribution in [0.3, 0.4) is 0 Å². The van der Waals surface area contributed by atoms with Crippen LogP contribution in [0.15, 0.2) is 36.8 Å². The van der Waals surface area contributed by atoms with Crippen molar-refractivity contribution in [2.24, 2.45) is 0 Å². The Kier molecular flexibility index (Phi) is 3.46. The number of rotatable bonds is 4. The second-order valence-electron chi connectivity index (χ2n) is 4.39. The number of anilines is 2. The number of nitrogens with one attached hydrogen (secondary N) is 1. The van der Waals surface area contributed by atoms with Gasteiger partial charge in [-0.3, -0.25) is 0 Å². The molecule has 0 radical (unpaired) electrons. The molecule has 0 saturated heterocycles. The number of fused-ring (bicyclic) bond motifs is 1. The van der Waals surface area contributed by atoms with E-state index in [1.807, 2.05) is 18.2 Å². The Hall–Kier alpha value is -2.96. The van der Waals surface area contributed by atoms with Crippen molar-refractivity contribution in [3.05, 3.63) is 42.4 Å². The fraction of sp³-hybridized carbons (Fsp3) is 0.143. The number of nitrogen functional groups attached to an aromatic ring is 1. The van der Waals surface area contributed by atoms with Crippen molar-refractivity contribution < 1.29 is 4.74 Å². The van der Waals surface area contributed by atoms with Crippen LogP contribution in [0.2, 0.25) is 0 Å². The van der Waals surface area contributed by atoms with E-state index in [1.165, 1.54) is 6.33 Å². The first-order chi connectivity index (χ1) is 10.3. The molecule has 7 heteroatoms. The summed E-state index contributed by atoms with van der Waals surface area (Å²) < 4.78 is 5.10. The van der Waals surface area contributed by atoms with Gasteiger partial charge in [0.05, 0.1) is 12.5 Å². The van der Waals surface area contributed by atoms with Crippen LogP contribution in [-0.4, -0.2) is 27.0 Å². The summed E-state index contributed by atoms with van der Waals surface area (Å²) in [6, 6.07) is 7.36. The second-order valence-corrected chi connectivity index (χ2v) is 4.39. The van der Waals surface area contributed by atoms with E-state index in [0.717, 1.165) is 10.9 Å². The highest BCUT2D eigenvalue weighted by Crippen LogP contribution is 2.19. The van der Waals surface area contributed by atoms with E-state index in [4.69, 9.17) is 10.5 Å². The summed E-state index contributed by atoms with van der Waals surface area (Å²) in [7, 11) is 1.59. The standard InChI is InChI=1S/C14H14N6O/c1-21-12-6-9(4-5-16-12)7-17-13-10-2-3-11(15)20-14(10)19-8-18-13/h2-6,8H,7H2,1H3,(H3,15,17,18,19,20). The topological polar surface area (TPSA) is 98.8 Å². The van der Waals surface area contributed by atoms with Crippen LogP contribution in [0.4, 0.5) is 11.6 Å². The lowest BCUT2D eigenvalue weighted by Crippen LogP contribution is -2.04. The molecule has 0 aliphatic rings. The van der Waals surface area contributed by atoms with Gasteiger partial charge in [-0.15, -0.1) is 0 Å². The number of hydrogen-bond donors (Lipinski definition) is 2. The van der Waals surface area contributed by atoms with Crippen molar-refractivity contribution >= 4 is 22.7 Å². The van der Waals surface area contributed by atoms with Gasteiger partial charge in [0.1, 0.15) is 18.0 Å². The summed E-state index contributed by atoms with van der Waals surface area (Å²) in [6.07, 6.45) is 3.17. The summed E-state index contributed by atoms with van der Waals surface area (Å²) in [5.41, 5.74) is 7.27. The first-order valence-electron chi connectivity index (χ1n) is 6.36. The molecule has 21 heavy (non-hydrogen) atoms. The summed E-state index contributed by atoms with van der Waals surface area (Å²) >= 11 is 0. The maximum Gasteiger partial charge on any atom is 0.213 e. The van der Waals surface area contributed by atoms with Gasteiger partial charge in [-0.25, -0.2) is 19.9 Å². The third-order valence-electron chi connectivity index (χ3n) is 2.99. The van der Waals surface area contributed by atoms with E-state index in [-0.39, 0.29) is 0 Å². The van der Waals surface area contributed by atoms with Gasteiger partial charge in [-0.2, -0.15) is 0 Å². The van der Waals surface area contributed by atoms with Crippen LogP contribution in [0.1, 0.15) is 5.56 Å². The van der Waals surface area contributed by atoms with Gasteiger partial charge >= 0.3 is 0 Å². The maximum absolute atomic E-state index is 5.66. The summed E-state index contributed by atoms with van der Waals surface area (Å²) in [6.45, 7) is 0.593. The van der Waals surface area contributed by atoms with Gasteiger partial charge in [-0.1, -0.05) is 0 Å². The highest BCUT2D eigenvalue weighted by molar-refractivity contribution is 5.86. The van der Waals surface area contributed by atoms with Gasteiger partial charge in [0.25, 0.3) is 0 Å². The molecule has 7 nitrogen and oxygen atoms in total. The molecule has 3 rings (SSSR count). The van der Waals surface area contributed by atoms with E-state index in [1.54, 1.807) is 19.4 Å². The molecule has 106 valence electrons. The molecule has 3 heterocycles. The SMILES string of the molecule is COc1cc(CNc2ncnc3nc(N)ccc23)ccn1. The number of pyridine rings is 2. The smallest absolute Gasteiger partial charge is 0.213 e. The van der Waals surface area contributed by atoms with Crippen LogP contribution in [0.25, 0.3) is 11.0 Å². The highest BCUT2D eigenvalue weighted by Gasteiger charge is 2.05. The summed E-state index contributed by atoms with van der Waals surface area (Å²) in [5, 5.41) is 4.09. The molecule has 0 amide bonds. The fourth-order valence-electron chi connectivity index (χ4n) is 1.96. The molecular formula is C14H14N6O. The molecule has 0 unspecified atom stereocenters. The number of ether oxygens (including phenoxy) is 1. The van der Waals surface area contributed by atoms with E-state index >= 15 is 0 Å². The van der Waals surface area contributed by atoms with Crippen molar-refractivity contribution in [3.63, 3.8) is 0 Å². The van der Waals surface area contributed by atoms with E-state index in [2.05, 4.69) is 25.3 Å². The third kappa shape index (κ3) is 2.81. The molecule has 0 spiro atoms. The minimum atomic E-state index is 0.436. The van der Waals surface area contributed by atoms with Gasteiger partial charge in [0, 0.05) is 18.8 Å². The summed E-state index contributed by atoms with van der Waals surface area (Å²) in [5.74, 6) is 1.73. The molecular weight excluding hydrogens is 268 g/mol.